The summed E-state index contributed by atoms with van der Waals surface area (Å²) in [5.74, 6) is 0.339. The quantitative estimate of drug-likeness (QED) is 0.766. The van der Waals surface area contributed by atoms with Gasteiger partial charge in [-0.1, -0.05) is 17.7 Å². The Labute approximate surface area is 161 Å². The van der Waals surface area contributed by atoms with Gasteiger partial charge in [0, 0.05) is 56.4 Å². The number of amides is 1. The van der Waals surface area contributed by atoms with Crippen LogP contribution in [0.3, 0.4) is 0 Å². The van der Waals surface area contributed by atoms with Crippen molar-refractivity contribution in [3.63, 3.8) is 0 Å². The second-order valence-corrected chi connectivity index (χ2v) is 6.58. The number of benzene rings is 1. The molecule has 0 N–H and O–H groups in total. The molecule has 0 saturated carbocycles. The fourth-order valence-corrected chi connectivity index (χ4v) is 3.51. The van der Waals surface area contributed by atoms with Crippen molar-refractivity contribution in [2.24, 2.45) is 0 Å². The topological polar surface area (TPSA) is 26.8 Å². The van der Waals surface area contributed by atoms with Gasteiger partial charge in [0.25, 0.3) is 0 Å². The molecule has 1 amide bonds. The second kappa shape index (κ2) is 10.3. The summed E-state index contributed by atoms with van der Waals surface area (Å²) in [4.78, 5) is 18.5. The monoisotopic (exact) mass is 393 g/mol. The van der Waals surface area contributed by atoms with Crippen molar-refractivity contribution in [1.29, 1.82) is 0 Å². The van der Waals surface area contributed by atoms with E-state index in [1.54, 1.807) is 0 Å². The first-order chi connectivity index (χ1) is 10.7. The van der Waals surface area contributed by atoms with Gasteiger partial charge in [0.2, 0.25) is 5.91 Å². The summed E-state index contributed by atoms with van der Waals surface area (Å²) in [6.45, 7) is 7.23. The average Bonchev–Trinajstić information content (AvgIpc) is 2.93. The smallest absolute Gasteiger partial charge is 0.222 e. The second-order valence-electron chi connectivity index (χ2n) is 6.15. The summed E-state index contributed by atoms with van der Waals surface area (Å²) in [6, 6.07) is 8.09. The van der Waals surface area contributed by atoms with Crippen LogP contribution in [-0.2, 0) is 4.79 Å². The van der Waals surface area contributed by atoms with Gasteiger partial charge in [0.1, 0.15) is 0 Å². The van der Waals surface area contributed by atoms with Gasteiger partial charge in [0.05, 0.1) is 0 Å². The van der Waals surface area contributed by atoms with Crippen molar-refractivity contribution in [2.75, 3.05) is 50.7 Å². The summed E-state index contributed by atoms with van der Waals surface area (Å²) in [5, 5.41) is 0.801. The predicted molar refractivity (Wildman–Crippen MR) is 105 cm³/mol. The Morgan fingerprint density at radius 2 is 1.75 bits per heavy atom. The highest BCUT2D eigenvalue weighted by atomic mass is 35.5. The number of nitrogens with zero attached hydrogens (tertiary/aromatic N) is 3. The molecule has 7 heteroatoms. The number of carbonyl (C=O) groups is 1. The Morgan fingerprint density at radius 3 is 2.38 bits per heavy atom. The van der Waals surface area contributed by atoms with Crippen molar-refractivity contribution in [2.45, 2.75) is 19.3 Å². The number of carbonyl (C=O) groups excluding carboxylic acids is 1. The lowest BCUT2D eigenvalue weighted by molar-refractivity contribution is -0.127. The lowest BCUT2D eigenvalue weighted by atomic mass is 10.2. The van der Waals surface area contributed by atoms with Crippen LogP contribution in [0.4, 0.5) is 5.69 Å². The van der Waals surface area contributed by atoms with E-state index in [0.29, 0.717) is 5.91 Å². The molecule has 0 bridgehead atoms. The van der Waals surface area contributed by atoms with Crippen molar-refractivity contribution in [1.82, 2.24) is 9.80 Å². The molecule has 2 aliphatic heterocycles. The molecule has 0 radical (unpaired) electrons. The first kappa shape index (κ1) is 21.4. The largest absolute Gasteiger partial charge is 0.369 e. The minimum Gasteiger partial charge on any atom is -0.369 e. The third-order valence-electron chi connectivity index (χ3n) is 4.62. The Bertz CT molecular complexity index is 522. The number of rotatable bonds is 5. The van der Waals surface area contributed by atoms with Crippen LogP contribution in [0.15, 0.2) is 24.3 Å². The van der Waals surface area contributed by atoms with Gasteiger partial charge in [-0.25, -0.2) is 0 Å². The third kappa shape index (κ3) is 5.69. The summed E-state index contributed by atoms with van der Waals surface area (Å²) in [7, 11) is 0. The highest BCUT2D eigenvalue weighted by molar-refractivity contribution is 6.30. The fraction of sp³-hybridized carbons (Fsp3) is 0.588. The molecule has 24 heavy (non-hydrogen) atoms. The minimum absolute atomic E-state index is 0. The van der Waals surface area contributed by atoms with E-state index in [9.17, 15) is 4.79 Å². The van der Waals surface area contributed by atoms with Crippen LogP contribution in [0.2, 0.25) is 5.02 Å². The van der Waals surface area contributed by atoms with Crippen LogP contribution in [0.1, 0.15) is 19.3 Å². The van der Waals surface area contributed by atoms with Crippen LogP contribution < -0.4 is 4.90 Å². The van der Waals surface area contributed by atoms with Crippen LogP contribution in [0, 0.1) is 0 Å². The SMILES string of the molecule is Cl.Cl.O=C1CCCN1CCCN1CCN(c2cccc(Cl)c2)CC1. The normalized spacial score (nSPS) is 18.3. The molecular formula is C17H26Cl3N3O. The zero-order valence-corrected chi connectivity index (χ0v) is 16.2. The van der Waals surface area contributed by atoms with E-state index >= 15 is 0 Å². The van der Waals surface area contributed by atoms with Crippen LogP contribution in [-0.4, -0.2) is 61.5 Å². The molecule has 0 spiro atoms. The van der Waals surface area contributed by atoms with Crippen molar-refractivity contribution in [3.05, 3.63) is 29.3 Å². The number of anilines is 1. The van der Waals surface area contributed by atoms with E-state index in [1.165, 1.54) is 5.69 Å². The zero-order valence-electron chi connectivity index (χ0n) is 13.8. The standard InChI is InChI=1S/C17H24ClN3O.2ClH/c18-15-4-1-5-16(14-15)20-12-10-19(11-13-20)7-3-9-21-8-2-6-17(21)22;;/h1,4-5,14H,2-3,6-13H2;2*1H. The first-order valence-corrected chi connectivity index (χ1v) is 8.61. The van der Waals surface area contributed by atoms with Crippen molar-refractivity contribution in [3.8, 4) is 0 Å². The lowest BCUT2D eigenvalue weighted by Gasteiger charge is -2.36. The van der Waals surface area contributed by atoms with Gasteiger partial charge in [-0.3, -0.25) is 9.69 Å². The van der Waals surface area contributed by atoms with E-state index in [-0.39, 0.29) is 24.8 Å². The minimum atomic E-state index is 0. The molecule has 1 aromatic carbocycles. The Kier molecular flexibility index (Phi) is 9.21. The molecule has 2 heterocycles. The number of likely N-dealkylation sites (tertiary alicyclic amines) is 1. The lowest BCUT2D eigenvalue weighted by Crippen LogP contribution is -2.47. The summed E-state index contributed by atoms with van der Waals surface area (Å²) >= 11 is 6.07. The molecule has 2 aliphatic rings. The zero-order chi connectivity index (χ0) is 15.4. The van der Waals surface area contributed by atoms with Gasteiger partial charge in [-0.15, -0.1) is 24.8 Å². The molecule has 1 aromatic rings. The van der Waals surface area contributed by atoms with Crippen LogP contribution >= 0.6 is 36.4 Å². The molecule has 0 aliphatic carbocycles. The van der Waals surface area contributed by atoms with Gasteiger partial charge < -0.3 is 9.80 Å². The highest BCUT2D eigenvalue weighted by Gasteiger charge is 2.21. The van der Waals surface area contributed by atoms with E-state index in [4.69, 9.17) is 11.6 Å². The van der Waals surface area contributed by atoms with Crippen LogP contribution in [0.25, 0.3) is 0 Å². The van der Waals surface area contributed by atoms with E-state index in [1.807, 2.05) is 23.1 Å². The van der Waals surface area contributed by atoms with E-state index in [2.05, 4.69) is 15.9 Å². The first-order valence-electron chi connectivity index (χ1n) is 8.23. The van der Waals surface area contributed by atoms with Gasteiger partial charge in [-0.05, 0) is 37.6 Å². The van der Waals surface area contributed by atoms with E-state index < -0.39 is 0 Å². The number of halogens is 3. The molecule has 0 unspecified atom stereocenters. The Hall–Kier alpha value is -0.680. The fourth-order valence-electron chi connectivity index (χ4n) is 3.33. The van der Waals surface area contributed by atoms with Crippen molar-refractivity contribution < 1.29 is 4.79 Å². The van der Waals surface area contributed by atoms with Gasteiger partial charge >= 0.3 is 0 Å². The molecule has 2 fully saturated rings. The maximum atomic E-state index is 11.6. The number of piperazine rings is 1. The Morgan fingerprint density at radius 1 is 1.00 bits per heavy atom. The van der Waals surface area contributed by atoms with E-state index in [0.717, 1.165) is 70.1 Å². The molecule has 136 valence electrons. The maximum absolute atomic E-state index is 11.6. The Balaban J connectivity index is 0.00000144. The summed E-state index contributed by atoms with van der Waals surface area (Å²) < 4.78 is 0. The van der Waals surface area contributed by atoms with Crippen LogP contribution in [0.5, 0.6) is 0 Å². The predicted octanol–water partition coefficient (Wildman–Crippen LogP) is 3.32. The molecule has 0 atom stereocenters. The maximum Gasteiger partial charge on any atom is 0.222 e. The number of hydrogen-bond donors (Lipinski definition) is 0. The third-order valence-corrected chi connectivity index (χ3v) is 4.85. The number of hydrogen-bond acceptors (Lipinski definition) is 3. The molecule has 0 aromatic heterocycles. The van der Waals surface area contributed by atoms with Crippen molar-refractivity contribution >= 4 is 48.0 Å². The molecule has 3 rings (SSSR count). The van der Waals surface area contributed by atoms with Gasteiger partial charge in [-0.2, -0.15) is 0 Å². The average molecular weight is 395 g/mol. The molecule has 2 saturated heterocycles. The molecular weight excluding hydrogens is 369 g/mol. The van der Waals surface area contributed by atoms with Gasteiger partial charge in [0.15, 0.2) is 0 Å². The molecule has 4 nitrogen and oxygen atoms in total. The summed E-state index contributed by atoms with van der Waals surface area (Å²) in [6.07, 6.45) is 2.87. The highest BCUT2D eigenvalue weighted by Crippen LogP contribution is 2.20. The summed E-state index contributed by atoms with van der Waals surface area (Å²) in [5.41, 5.74) is 1.22.